The largest absolute Gasteiger partial charge is 0.465 e. The number of rotatable bonds is 8. The van der Waals surface area contributed by atoms with Gasteiger partial charge in [-0.05, 0) is 86.3 Å². The van der Waals surface area contributed by atoms with Crippen molar-refractivity contribution >= 4 is 33.5 Å². The van der Waals surface area contributed by atoms with Gasteiger partial charge in [0, 0.05) is 12.3 Å². The van der Waals surface area contributed by atoms with Gasteiger partial charge in [-0.15, -0.1) is 11.8 Å². The summed E-state index contributed by atoms with van der Waals surface area (Å²) in [4.78, 5) is 25.4. The third kappa shape index (κ3) is 4.36. The molecule has 4 bridgehead atoms. The number of nitrogens with one attached hydrogen (secondary N) is 1. The maximum absolute atomic E-state index is 13.6. The van der Waals surface area contributed by atoms with E-state index in [4.69, 9.17) is 4.74 Å². The summed E-state index contributed by atoms with van der Waals surface area (Å²) in [7, 11) is -1.79. The Bertz CT molecular complexity index is 1250. The van der Waals surface area contributed by atoms with Crippen LogP contribution in [0.3, 0.4) is 0 Å². The summed E-state index contributed by atoms with van der Waals surface area (Å²) in [6.07, 6.45) is 7.98. The minimum atomic E-state index is -3.14. The molecule has 8 nitrogen and oxygen atoms in total. The zero-order valence-electron chi connectivity index (χ0n) is 20.9. The molecule has 4 aliphatic rings. The van der Waals surface area contributed by atoms with E-state index in [2.05, 4.69) is 17.3 Å². The number of methoxy groups -OCH3 is 1. The van der Waals surface area contributed by atoms with Crippen LogP contribution in [0.25, 0.3) is 5.69 Å². The van der Waals surface area contributed by atoms with Crippen molar-refractivity contribution in [1.29, 1.82) is 0 Å². The molecule has 2 unspecified atom stereocenters. The summed E-state index contributed by atoms with van der Waals surface area (Å²) in [5.74, 6) is 1.11. The van der Waals surface area contributed by atoms with E-state index in [-0.39, 0.29) is 23.8 Å². The maximum Gasteiger partial charge on any atom is 0.337 e. The summed E-state index contributed by atoms with van der Waals surface area (Å²) >= 11 is 1.58. The monoisotopic (exact) mass is 531 g/mol. The van der Waals surface area contributed by atoms with Crippen LogP contribution in [0.4, 0.5) is 0 Å². The Morgan fingerprint density at radius 2 is 1.83 bits per heavy atom. The number of amides is 1. The second-order valence-corrected chi connectivity index (χ2v) is 14.1. The first-order valence-electron chi connectivity index (χ1n) is 12.6. The van der Waals surface area contributed by atoms with Crippen LogP contribution in [0, 0.1) is 17.8 Å². The van der Waals surface area contributed by atoms with Gasteiger partial charge in [0.05, 0.1) is 34.9 Å². The lowest BCUT2D eigenvalue weighted by Crippen LogP contribution is -2.63. The van der Waals surface area contributed by atoms with Crippen LogP contribution < -0.4 is 5.32 Å². The van der Waals surface area contributed by atoms with Gasteiger partial charge in [-0.2, -0.15) is 5.10 Å². The van der Waals surface area contributed by atoms with E-state index >= 15 is 0 Å². The summed E-state index contributed by atoms with van der Waals surface area (Å²) in [5.41, 5.74) is 1.73. The van der Waals surface area contributed by atoms with Crippen LogP contribution >= 0.6 is 11.8 Å². The number of thioether (sulfide) groups is 1. The van der Waals surface area contributed by atoms with Crippen LogP contribution in [0.5, 0.6) is 0 Å². The molecule has 1 aromatic carbocycles. The van der Waals surface area contributed by atoms with E-state index in [1.165, 1.54) is 13.4 Å². The molecule has 6 rings (SSSR count). The number of nitrogens with zero attached hydrogens (tertiary/aromatic N) is 2. The van der Waals surface area contributed by atoms with Crippen molar-refractivity contribution in [3.8, 4) is 5.69 Å². The highest BCUT2D eigenvalue weighted by Crippen LogP contribution is 2.58. The van der Waals surface area contributed by atoms with Crippen molar-refractivity contribution in [2.24, 2.45) is 17.8 Å². The van der Waals surface area contributed by atoms with Gasteiger partial charge in [-0.1, -0.05) is 6.92 Å². The Labute approximate surface area is 216 Å². The maximum atomic E-state index is 13.6. The van der Waals surface area contributed by atoms with E-state index in [1.807, 2.05) is 0 Å². The van der Waals surface area contributed by atoms with E-state index in [9.17, 15) is 18.0 Å². The third-order valence-electron chi connectivity index (χ3n) is 8.25. The molecule has 0 aliphatic heterocycles. The fourth-order valence-corrected chi connectivity index (χ4v) is 9.29. The Morgan fingerprint density at radius 1 is 1.17 bits per heavy atom. The third-order valence-corrected chi connectivity index (χ3v) is 11.6. The molecule has 194 valence electrons. The van der Waals surface area contributed by atoms with Crippen LogP contribution in [-0.4, -0.2) is 60.0 Å². The molecule has 0 radical (unpaired) electrons. The molecule has 2 atom stereocenters. The lowest BCUT2D eigenvalue weighted by atomic mass is 9.53. The molecular weight excluding hydrogens is 498 g/mol. The van der Waals surface area contributed by atoms with Crippen molar-refractivity contribution < 1.29 is 22.7 Å². The number of sulfone groups is 1. The number of ether oxygens (including phenoxy) is 1. The first-order chi connectivity index (χ1) is 17.2. The van der Waals surface area contributed by atoms with Crippen molar-refractivity contribution in [3.05, 3.63) is 41.6 Å². The van der Waals surface area contributed by atoms with Crippen LogP contribution in [0.1, 0.15) is 66.2 Å². The average Bonchev–Trinajstić information content (AvgIpc) is 3.27. The number of benzene rings is 1. The first-order valence-corrected chi connectivity index (χ1v) is 15.4. The smallest absolute Gasteiger partial charge is 0.337 e. The van der Waals surface area contributed by atoms with Crippen LogP contribution in [0.15, 0.2) is 35.5 Å². The molecule has 1 N–H and O–H groups in total. The SMILES string of the molecule is CCCSc1c(C(=O)N[C@H]2C3CC4CC2C[C@@](S(C)(=O)=O)(C4)C3)cnn1-c1ccc(C(=O)OC)cc1. The highest BCUT2D eigenvalue weighted by atomic mass is 32.2. The fourth-order valence-electron chi connectivity index (χ4n) is 6.74. The standard InChI is InChI=1S/C26H33N3O5S2/c1-4-9-35-24-21(15-27-29(24)20-7-5-17(6-8-20)25(31)34-2)23(30)28-22-18-10-16-11-19(22)14-26(12-16,13-18)36(3,32)33/h5-8,15-16,18-19,22H,4,9-14H2,1-3H3,(H,28,30)/t16?,18?,19?,22-,26+. The lowest BCUT2D eigenvalue weighted by Gasteiger charge is -2.59. The van der Waals surface area contributed by atoms with E-state index in [0.717, 1.165) is 42.1 Å². The van der Waals surface area contributed by atoms with Crippen molar-refractivity contribution in [3.63, 3.8) is 0 Å². The van der Waals surface area contributed by atoms with Gasteiger partial charge in [0.2, 0.25) is 0 Å². The van der Waals surface area contributed by atoms with Gasteiger partial charge in [0.15, 0.2) is 9.84 Å². The van der Waals surface area contributed by atoms with E-state index in [0.29, 0.717) is 29.9 Å². The van der Waals surface area contributed by atoms with Gasteiger partial charge < -0.3 is 10.1 Å². The van der Waals surface area contributed by atoms with E-state index < -0.39 is 20.6 Å². The highest BCUT2D eigenvalue weighted by Gasteiger charge is 2.59. The number of carbonyl (C=O) groups excluding carboxylic acids is 2. The Balaban J connectivity index is 1.39. The molecule has 2 aromatic rings. The summed E-state index contributed by atoms with van der Waals surface area (Å²) in [6, 6.07) is 6.95. The molecule has 10 heteroatoms. The number of carbonyl (C=O) groups is 2. The number of esters is 1. The molecule has 0 saturated heterocycles. The van der Waals surface area contributed by atoms with Crippen LogP contribution in [0.2, 0.25) is 0 Å². The zero-order chi connectivity index (χ0) is 25.7. The predicted molar refractivity (Wildman–Crippen MR) is 138 cm³/mol. The van der Waals surface area contributed by atoms with Gasteiger partial charge in [0.25, 0.3) is 5.91 Å². The molecule has 36 heavy (non-hydrogen) atoms. The normalized spacial score (nSPS) is 28.8. The van der Waals surface area contributed by atoms with Crippen LogP contribution in [-0.2, 0) is 14.6 Å². The summed E-state index contributed by atoms with van der Waals surface area (Å²) in [6.45, 7) is 2.09. The lowest BCUT2D eigenvalue weighted by molar-refractivity contribution is 0.000225. The number of aromatic nitrogens is 2. The average molecular weight is 532 g/mol. The molecule has 1 heterocycles. The Kier molecular flexibility index (Phi) is 6.70. The molecule has 1 aromatic heterocycles. The minimum Gasteiger partial charge on any atom is -0.465 e. The minimum absolute atomic E-state index is 0.00404. The summed E-state index contributed by atoms with van der Waals surface area (Å²) in [5, 5.41) is 8.58. The van der Waals surface area contributed by atoms with Crippen molar-refractivity contribution in [1.82, 2.24) is 15.1 Å². The highest BCUT2D eigenvalue weighted by molar-refractivity contribution is 7.99. The Hall–Kier alpha value is -2.33. The molecule has 4 saturated carbocycles. The second kappa shape index (κ2) is 9.52. The summed E-state index contributed by atoms with van der Waals surface area (Å²) < 4.78 is 31.3. The fraction of sp³-hybridized carbons (Fsp3) is 0.577. The molecule has 0 spiro atoms. The van der Waals surface area contributed by atoms with Crippen molar-refractivity contribution in [2.45, 2.75) is 61.3 Å². The Morgan fingerprint density at radius 3 is 2.42 bits per heavy atom. The number of hydrogen-bond donors (Lipinski definition) is 1. The topological polar surface area (TPSA) is 107 Å². The zero-order valence-corrected chi connectivity index (χ0v) is 22.5. The van der Waals surface area contributed by atoms with Gasteiger partial charge >= 0.3 is 5.97 Å². The first kappa shape index (κ1) is 25.3. The number of hydrogen-bond acceptors (Lipinski definition) is 7. The molecule has 1 amide bonds. The van der Waals surface area contributed by atoms with Gasteiger partial charge in [0.1, 0.15) is 5.03 Å². The van der Waals surface area contributed by atoms with E-state index in [1.54, 1.807) is 46.9 Å². The second-order valence-electron chi connectivity index (χ2n) is 10.6. The quantitative estimate of drug-likeness (QED) is 0.407. The molecular formula is C26H33N3O5S2. The molecule has 4 fully saturated rings. The van der Waals surface area contributed by atoms with Gasteiger partial charge in [-0.3, -0.25) is 4.79 Å². The van der Waals surface area contributed by atoms with Crippen molar-refractivity contribution in [2.75, 3.05) is 19.1 Å². The predicted octanol–water partition coefficient (Wildman–Crippen LogP) is 3.88. The van der Waals surface area contributed by atoms with Gasteiger partial charge in [-0.25, -0.2) is 17.9 Å². The molecule has 4 aliphatic carbocycles.